The van der Waals surface area contributed by atoms with E-state index in [9.17, 15) is 0 Å². The van der Waals surface area contributed by atoms with Gasteiger partial charge in [0, 0.05) is 98.1 Å². The van der Waals surface area contributed by atoms with Gasteiger partial charge in [0.25, 0.3) is 0 Å². The van der Waals surface area contributed by atoms with Crippen molar-refractivity contribution in [3.8, 4) is 213 Å². The Hall–Kier alpha value is -19.1. The fraction of sp³-hybridized carbons (Fsp3) is 0.0500. The standard InChI is InChI=1S/C52H33N3.C46H33N3.C42H31N3/c1-2-13-34(14-3-1)37-15-10-16-38(31-37)51-54-48(36-28-26-35(27-29-36)39-17-12-30-53-33-39)32-49(55-51)43-21-11-25-47-50(43)42-20-6-9-24-46(42)52(47)44-22-7-4-18-40(44)41-19-5-8-23-45(41)52;1-46(2)41-24-22-35(27-40(41)39-23-21-32-12-6-7-16-38(32)44(39)46)43-28-42(33-19-17-31(18-20-33)37-15-9-25-47-29-37)48-45(49-43)36-14-8-13-34(26-36)30-10-4-3-5-11-30;1-42(2)36-18-7-6-16-34(36)40-35(17-9-19-37(40)42)39-26-38(30-22-20-29(21-23-30)33-15-10-24-43-27-33)44-41(45-39)32-14-8-13-31(25-32)28-11-4-3-5-12-28/h1-33H;3-29H,1-2H3;3-27H,1-2H3. The van der Waals surface area contributed by atoms with Crippen LogP contribution in [-0.2, 0) is 16.2 Å². The van der Waals surface area contributed by atoms with Gasteiger partial charge in [-0.1, -0.05) is 446 Å². The topological polar surface area (TPSA) is 116 Å². The number of nitrogens with zero attached hydrogens (tertiary/aromatic N) is 9. The molecule has 0 radical (unpaired) electrons. The van der Waals surface area contributed by atoms with E-state index in [4.69, 9.17) is 29.9 Å². The zero-order chi connectivity index (χ0) is 99.7. The van der Waals surface area contributed by atoms with Crippen molar-refractivity contribution in [1.29, 1.82) is 0 Å². The number of fused-ring (bicyclic) bond motifs is 18. The van der Waals surface area contributed by atoms with Gasteiger partial charge >= 0.3 is 0 Å². The molecule has 4 aliphatic rings. The second-order valence-electron chi connectivity index (χ2n) is 39.8. The van der Waals surface area contributed by atoms with Crippen LogP contribution in [0.1, 0.15) is 72.2 Å². The summed E-state index contributed by atoms with van der Waals surface area (Å²) < 4.78 is 0. The number of aromatic nitrogens is 9. The molecule has 9 heteroatoms. The Morgan fingerprint density at radius 2 is 0.463 bits per heavy atom. The molecule has 0 N–H and O–H groups in total. The lowest BCUT2D eigenvalue weighted by molar-refractivity contribution is 0.660. The van der Waals surface area contributed by atoms with E-state index >= 15 is 0 Å². The normalized spacial score (nSPS) is 12.9. The van der Waals surface area contributed by atoms with E-state index in [1.807, 2.05) is 48.9 Å². The highest BCUT2D eigenvalue weighted by molar-refractivity contribution is 6.02. The van der Waals surface area contributed by atoms with Crippen molar-refractivity contribution in [2.24, 2.45) is 0 Å². The van der Waals surface area contributed by atoms with Crippen molar-refractivity contribution in [2.45, 2.75) is 43.9 Å². The van der Waals surface area contributed by atoms with Crippen LogP contribution >= 0.6 is 0 Å². The van der Waals surface area contributed by atoms with Gasteiger partial charge in [-0.15, -0.1) is 0 Å². The van der Waals surface area contributed by atoms with E-state index in [0.717, 1.165) is 140 Å². The molecular formula is C140H97N9. The van der Waals surface area contributed by atoms with Crippen molar-refractivity contribution >= 4 is 10.8 Å². The molecule has 0 saturated carbocycles. The van der Waals surface area contributed by atoms with E-state index < -0.39 is 5.41 Å². The van der Waals surface area contributed by atoms with E-state index in [1.165, 1.54) is 111 Å². The Bertz CT molecular complexity index is 9230. The number of benzene rings is 18. The molecule has 149 heavy (non-hydrogen) atoms. The minimum atomic E-state index is -0.431. The first-order chi connectivity index (χ1) is 73.4. The van der Waals surface area contributed by atoms with Crippen LogP contribution in [0.3, 0.4) is 0 Å². The van der Waals surface area contributed by atoms with Crippen molar-refractivity contribution in [1.82, 2.24) is 44.9 Å². The first-order valence-corrected chi connectivity index (χ1v) is 50.9. The third-order valence-electron chi connectivity index (χ3n) is 30.4. The summed E-state index contributed by atoms with van der Waals surface area (Å²) in [6, 6.07) is 171. The van der Waals surface area contributed by atoms with E-state index in [1.54, 1.807) is 18.6 Å². The molecule has 1 spiro atoms. The third kappa shape index (κ3) is 16.2. The van der Waals surface area contributed by atoms with Gasteiger partial charge in [0.2, 0.25) is 0 Å². The predicted molar refractivity (Wildman–Crippen MR) is 610 cm³/mol. The van der Waals surface area contributed by atoms with Crippen LogP contribution in [0, 0.1) is 0 Å². The first-order valence-electron chi connectivity index (χ1n) is 50.9. The quantitative estimate of drug-likeness (QED) is 0.0989. The van der Waals surface area contributed by atoms with Crippen molar-refractivity contribution in [2.75, 3.05) is 0 Å². The second kappa shape index (κ2) is 37.6. The molecule has 9 nitrogen and oxygen atoms in total. The lowest BCUT2D eigenvalue weighted by Crippen LogP contribution is -2.25. The summed E-state index contributed by atoms with van der Waals surface area (Å²) >= 11 is 0. The molecule has 702 valence electrons. The largest absolute Gasteiger partial charge is 0.264 e. The smallest absolute Gasteiger partial charge is 0.160 e. The summed E-state index contributed by atoms with van der Waals surface area (Å²) in [6.07, 6.45) is 11.1. The molecule has 28 rings (SSSR count). The highest BCUT2D eigenvalue weighted by Crippen LogP contribution is 2.65. The number of hydrogen-bond donors (Lipinski definition) is 0. The maximum atomic E-state index is 5.43. The van der Waals surface area contributed by atoms with Gasteiger partial charge in [-0.05, 0) is 227 Å². The minimum Gasteiger partial charge on any atom is -0.264 e. The van der Waals surface area contributed by atoms with Crippen LogP contribution < -0.4 is 0 Å². The second-order valence-corrected chi connectivity index (χ2v) is 39.8. The Balaban J connectivity index is 0.000000114. The van der Waals surface area contributed by atoms with Crippen LogP contribution in [0.25, 0.3) is 224 Å². The Morgan fingerprint density at radius 3 is 0.906 bits per heavy atom. The summed E-state index contributed by atoms with van der Waals surface area (Å²) in [5, 5.41) is 2.60. The van der Waals surface area contributed by atoms with Gasteiger partial charge < -0.3 is 0 Å². The van der Waals surface area contributed by atoms with Crippen LogP contribution in [-0.4, -0.2) is 44.9 Å². The maximum absolute atomic E-state index is 5.43. The van der Waals surface area contributed by atoms with E-state index in [2.05, 4.69) is 492 Å². The Morgan fingerprint density at radius 1 is 0.161 bits per heavy atom. The molecule has 0 bridgehead atoms. The SMILES string of the molecule is CC1(C)c2ccc(-c3cc(-c4ccc(-c5cccnc5)cc4)nc(-c4cccc(-c5ccccc5)c4)n3)cc2-c2ccc3ccccc3c21.CC1(C)c2ccccc2-c2c(-c3cc(-c4ccc(-c5cccnc5)cc4)nc(-c4cccc(-c5ccccc5)c4)n3)cccc21.c1ccc(-c2cccc(-c3nc(-c4ccc(-c5cccnc5)cc4)cc(-c4cccc5c4-c4ccccc4C54c5ccccc5-c5ccccc54)n3)c2)cc1. The molecule has 6 heterocycles. The summed E-state index contributed by atoms with van der Waals surface area (Å²) in [5.41, 5.74) is 48.4. The van der Waals surface area contributed by atoms with Crippen LogP contribution in [0.5, 0.6) is 0 Å². The number of pyridine rings is 3. The van der Waals surface area contributed by atoms with Gasteiger partial charge in [0.15, 0.2) is 17.5 Å². The predicted octanol–water partition coefficient (Wildman–Crippen LogP) is 34.7. The van der Waals surface area contributed by atoms with Crippen molar-refractivity contribution < 1.29 is 0 Å². The molecule has 4 aliphatic carbocycles. The molecular weight excluding hydrogens is 1810 g/mol. The number of hydrogen-bond acceptors (Lipinski definition) is 9. The summed E-state index contributed by atoms with van der Waals surface area (Å²) in [6.45, 7) is 9.33. The summed E-state index contributed by atoms with van der Waals surface area (Å²) in [4.78, 5) is 44.5. The maximum Gasteiger partial charge on any atom is 0.160 e. The molecule has 6 aromatic heterocycles. The van der Waals surface area contributed by atoms with Gasteiger partial charge in [-0.25, -0.2) is 29.9 Å². The van der Waals surface area contributed by atoms with Crippen LogP contribution in [0.2, 0.25) is 0 Å². The fourth-order valence-corrected chi connectivity index (χ4v) is 23.2. The minimum absolute atomic E-state index is 0.0905. The molecule has 18 aromatic carbocycles. The van der Waals surface area contributed by atoms with E-state index in [-0.39, 0.29) is 10.8 Å². The highest BCUT2D eigenvalue weighted by atomic mass is 14.9. The molecule has 24 aromatic rings. The van der Waals surface area contributed by atoms with Gasteiger partial charge in [0.1, 0.15) is 0 Å². The Labute approximate surface area is 867 Å². The first kappa shape index (κ1) is 90.0. The zero-order valence-electron chi connectivity index (χ0n) is 82.6. The lowest BCUT2D eigenvalue weighted by atomic mass is 9.70. The highest BCUT2D eigenvalue weighted by Gasteiger charge is 2.52. The summed E-state index contributed by atoms with van der Waals surface area (Å²) in [5.74, 6) is 2.10. The molecule has 0 atom stereocenters. The van der Waals surface area contributed by atoms with Crippen molar-refractivity contribution in [3.63, 3.8) is 0 Å². The number of rotatable bonds is 15. The van der Waals surface area contributed by atoms with E-state index in [0.29, 0.717) is 17.5 Å². The fourth-order valence-electron chi connectivity index (χ4n) is 23.2. The third-order valence-corrected chi connectivity index (χ3v) is 30.4. The molecule has 0 fully saturated rings. The monoisotopic (exact) mass is 1900 g/mol. The zero-order valence-corrected chi connectivity index (χ0v) is 82.6. The van der Waals surface area contributed by atoms with Crippen molar-refractivity contribution in [3.05, 3.63) is 561 Å². The van der Waals surface area contributed by atoms with Gasteiger partial charge in [-0.3, -0.25) is 15.0 Å². The summed E-state index contributed by atoms with van der Waals surface area (Å²) in [7, 11) is 0. The molecule has 0 aliphatic heterocycles. The average Bonchev–Trinajstić information content (AvgIpc) is 1.50. The van der Waals surface area contributed by atoms with Gasteiger partial charge in [0.05, 0.1) is 39.6 Å². The molecule has 0 unspecified atom stereocenters. The van der Waals surface area contributed by atoms with Crippen LogP contribution in [0.15, 0.2) is 516 Å². The molecule has 0 amide bonds. The van der Waals surface area contributed by atoms with Crippen LogP contribution in [0.4, 0.5) is 0 Å². The van der Waals surface area contributed by atoms with Gasteiger partial charge in [-0.2, -0.15) is 0 Å². The lowest BCUT2D eigenvalue weighted by Gasteiger charge is -2.30. The molecule has 0 saturated heterocycles. The Kier molecular flexibility index (Phi) is 22.7. The average molecular weight is 1910 g/mol.